The Morgan fingerprint density at radius 2 is 1.59 bits per heavy atom. The van der Waals surface area contributed by atoms with E-state index in [9.17, 15) is 13.2 Å². The zero-order chi connectivity index (χ0) is 22.4. The molecular weight excluding hydrogens is 442 g/mol. The molecule has 0 spiro atoms. The molecule has 1 saturated heterocycles. The van der Waals surface area contributed by atoms with Crippen molar-refractivity contribution < 1.29 is 13.2 Å². The van der Waals surface area contributed by atoms with Crippen LogP contribution in [0.2, 0.25) is 0 Å². The van der Waals surface area contributed by atoms with E-state index in [4.69, 9.17) is 0 Å². The molecule has 1 aliphatic rings. The van der Waals surface area contributed by atoms with Gasteiger partial charge in [0.1, 0.15) is 4.21 Å². The van der Waals surface area contributed by atoms with Gasteiger partial charge in [0, 0.05) is 38.4 Å². The topological polar surface area (TPSA) is 69.7 Å². The summed E-state index contributed by atoms with van der Waals surface area (Å²) in [6.07, 6.45) is 1.35. The van der Waals surface area contributed by atoms with Crippen molar-refractivity contribution in [2.75, 3.05) is 37.4 Å². The van der Waals surface area contributed by atoms with Gasteiger partial charge in [-0.2, -0.15) is 0 Å². The number of nitrogens with zero attached hydrogens (tertiary/aromatic N) is 2. The molecule has 2 aromatic carbocycles. The zero-order valence-corrected chi connectivity index (χ0v) is 19.4. The van der Waals surface area contributed by atoms with Gasteiger partial charge in [0.05, 0.1) is 6.42 Å². The van der Waals surface area contributed by atoms with E-state index in [1.165, 1.54) is 16.9 Å². The highest BCUT2D eigenvalue weighted by molar-refractivity contribution is 7.94. The SMILES string of the molecule is O=C(Cc1ccc(NS(=O)(=O)c2cccs2)cc1)N1CCN(CCc2ccccc2)CC1. The second kappa shape index (κ2) is 10.3. The minimum atomic E-state index is -3.56. The first-order chi connectivity index (χ1) is 15.5. The molecule has 6 nitrogen and oxygen atoms in total. The van der Waals surface area contributed by atoms with Crippen molar-refractivity contribution in [1.29, 1.82) is 0 Å². The van der Waals surface area contributed by atoms with Gasteiger partial charge in [-0.25, -0.2) is 8.42 Å². The Labute approximate surface area is 193 Å². The van der Waals surface area contributed by atoms with E-state index in [-0.39, 0.29) is 10.1 Å². The lowest BCUT2D eigenvalue weighted by molar-refractivity contribution is -0.132. The Morgan fingerprint density at radius 3 is 2.25 bits per heavy atom. The van der Waals surface area contributed by atoms with E-state index in [2.05, 4.69) is 33.9 Å². The molecule has 0 atom stereocenters. The van der Waals surface area contributed by atoms with Crippen LogP contribution < -0.4 is 4.72 Å². The van der Waals surface area contributed by atoms with Gasteiger partial charge in [-0.1, -0.05) is 48.5 Å². The van der Waals surface area contributed by atoms with Gasteiger partial charge in [0.2, 0.25) is 5.91 Å². The quantitative estimate of drug-likeness (QED) is 0.548. The van der Waals surface area contributed by atoms with Crippen LogP contribution in [0, 0.1) is 0 Å². The number of hydrogen-bond donors (Lipinski definition) is 1. The van der Waals surface area contributed by atoms with E-state index in [1.54, 1.807) is 41.8 Å². The third-order valence-corrected chi connectivity index (χ3v) is 8.38. The number of sulfonamides is 1. The monoisotopic (exact) mass is 469 g/mol. The fraction of sp³-hybridized carbons (Fsp3) is 0.292. The highest BCUT2D eigenvalue weighted by atomic mass is 32.2. The summed E-state index contributed by atoms with van der Waals surface area (Å²) < 4.78 is 27.5. The van der Waals surface area contributed by atoms with Crippen molar-refractivity contribution in [3.8, 4) is 0 Å². The van der Waals surface area contributed by atoms with Gasteiger partial charge >= 0.3 is 0 Å². The predicted molar refractivity (Wildman–Crippen MR) is 128 cm³/mol. The maximum atomic E-state index is 12.7. The summed E-state index contributed by atoms with van der Waals surface area (Å²) in [5, 5.41) is 1.73. The van der Waals surface area contributed by atoms with Crippen LogP contribution in [0.3, 0.4) is 0 Å². The molecular formula is C24H27N3O3S2. The van der Waals surface area contributed by atoms with Crippen LogP contribution in [0.5, 0.6) is 0 Å². The molecule has 8 heteroatoms. The minimum Gasteiger partial charge on any atom is -0.340 e. The fourth-order valence-electron chi connectivity index (χ4n) is 3.75. The van der Waals surface area contributed by atoms with Crippen molar-refractivity contribution in [3.05, 3.63) is 83.2 Å². The summed E-state index contributed by atoms with van der Waals surface area (Å²) in [6, 6.07) is 20.8. The molecule has 32 heavy (non-hydrogen) atoms. The molecule has 0 radical (unpaired) electrons. The molecule has 1 aromatic heterocycles. The zero-order valence-electron chi connectivity index (χ0n) is 17.8. The molecule has 4 rings (SSSR count). The molecule has 1 N–H and O–H groups in total. The number of benzene rings is 2. The summed E-state index contributed by atoms with van der Waals surface area (Å²) in [4.78, 5) is 17.1. The Balaban J connectivity index is 1.24. The number of nitrogens with one attached hydrogen (secondary N) is 1. The molecule has 0 aliphatic carbocycles. The van der Waals surface area contributed by atoms with E-state index < -0.39 is 10.0 Å². The van der Waals surface area contributed by atoms with Crippen molar-refractivity contribution >= 4 is 33.0 Å². The Hall–Kier alpha value is -2.68. The Bertz CT molecular complexity index is 1110. The van der Waals surface area contributed by atoms with Crippen molar-refractivity contribution in [2.24, 2.45) is 0 Å². The average Bonchev–Trinajstić information content (AvgIpc) is 3.36. The van der Waals surface area contributed by atoms with Gasteiger partial charge in [-0.15, -0.1) is 11.3 Å². The van der Waals surface area contributed by atoms with Gasteiger partial charge < -0.3 is 4.90 Å². The standard InChI is InChI=1S/C24H27N3O3S2/c28-23(27-16-14-26(15-17-27)13-12-20-5-2-1-3-6-20)19-21-8-10-22(11-9-21)25-32(29,30)24-7-4-18-31-24/h1-11,18,25H,12-17,19H2. The van der Waals surface area contributed by atoms with Crippen LogP contribution >= 0.6 is 11.3 Å². The summed E-state index contributed by atoms with van der Waals surface area (Å²) >= 11 is 1.17. The number of amides is 1. The van der Waals surface area contributed by atoms with Gasteiger partial charge in [0.25, 0.3) is 10.0 Å². The van der Waals surface area contributed by atoms with E-state index in [0.717, 1.165) is 44.7 Å². The molecule has 1 amide bonds. The first-order valence-electron chi connectivity index (χ1n) is 10.7. The Kier molecular flexibility index (Phi) is 7.24. The molecule has 2 heterocycles. The molecule has 0 saturated carbocycles. The third-order valence-electron chi connectivity index (χ3n) is 5.61. The van der Waals surface area contributed by atoms with Crippen molar-refractivity contribution in [3.63, 3.8) is 0 Å². The van der Waals surface area contributed by atoms with E-state index >= 15 is 0 Å². The van der Waals surface area contributed by atoms with Crippen molar-refractivity contribution in [2.45, 2.75) is 17.1 Å². The maximum absolute atomic E-state index is 12.7. The molecule has 168 valence electrons. The van der Waals surface area contributed by atoms with Crippen LogP contribution in [-0.2, 0) is 27.7 Å². The third kappa shape index (κ3) is 5.97. The van der Waals surface area contributed by atoms with Crippen molar-refractivity contribution in [1.82, 2.24) is 9.80 Å². The average molecular weight is 470 g/mol. The Morgan fingerprint density at radius 1 is 0.875 bits per heavy atom. The highest BCUT2D eigenvalue weighted by Crippen LogP contribution is 2.20. The molecule has 0 unspecified atom stereocenters. The normalized spacial score (nSPS) is 14.9. The number of rotatable bonds is 8. The largest absolute Gasteiger partial charge is 0.340 e. The second-order valence-corrected chi connectivity index (χ2v) is 10.7. The number of thiophene rings is 1. The van der Waals surface area contributed by atoms with Crippen LogP contribution in [-0.4, -0.2) is 56.8 Å². The van der Waals surface area contributed by atoms with Gasteiger partial charge in [-0.05, 0) is 41.1 Å². The van der Waals surface area contributed by atoms with Crippen LogP contribution in [0.1, 0.15) is 11.1 Å². The summed E-state index contributed by atoms with van der Waals surface area (Å²) in [5.41, 5.74) is 2.70. The first kappa shape index (κ1) is 22.5. The van der Waals surface area contributed by atoms with Crippen LogP contribution in [0.25, 0.3) is 0 Å². The summed E-state index contributed by atoms with van der Waals surface area (Å²) in [6.45, 7) is 4.28. The highest BCUT2D eigenvalue weighted by Gasteiger charge is 2.21. The fourth-order valence-corrected chi connectivity index (χ4v) is 5.80. The molecule has 3 aromatic rings. The lowest BCUT2D eigenvalue weighted by Crippen LogP contribution is -2.49. The minimum absolute atomic E-state index is 0.111. The first-order valence-corrected chi connectivity index (χ1v) is 13.1. The smallest absolute Gasteiger partial charge is 0.271 e. The maximum Gasteiger partial charge on any atom is 0.271 e. The predicted octanol–water partition coefficient (Wildman–Crippen LogP) is 3.48. The summed E-state index contributed by atoms with van der Waals surface area (Å²) in [7, 11) is -3.56. The lowest BCUT2D eigenvalue weighted by atomic mass is 10.1. The van der Waals surface area contributed by atoms with E-state index in [1.807, 2.05) is 11.0 Å². The lowest BCUT2D eigenvalue weighted by Gasteiger charge is -2.34. The van der Waals surface area contributed by atoms with E-state index in [0.29, 0.717) is 12.1 Å². The molecule has 1 fully saturated rings. The number of carbonyl (C=O) groups excluding carboxylic acids is 1. The molecule has 1 aliphatic heterocycles. The number of carbonyl (C=O) groups is 1. The number of hydrogen-bond acceptors (Lipinski definition) is 5. The number of piperazine rings is 1. The van der Waals surface area contributed by atoms with Gasteiger partial charge in [-0.3, -0.25) is 14.4 Å². The number of anilines is 1. The molecule has 0 bridgehead atoms. The van der Waals surface area contributed by atoms with Crippen LogP contribution in [0.15, 0.2) is 76.3 Å². The summed E-state index contributed by atoms with van der Waals surface area (Å²) in [5.74, 6) is 0.111. The van der Waals surface area contributed by atoms with Gasteiger partial charge in [0.15, 0.2) is 0 Å². The second-order valence-electron chi connectivity index (χ2n) is 7.87. The van der Waals surface area contributed by atoms with Crippen LogP contribution in [0.4, 0.5) is 5.69 Å².